The van der Waals surface area contributed by atoms with Gasteiger partial charge in [-0.05, 0) is 73.8 Å². The number of ketones is 2. The fourth-order valence-electron chi connectivity index (χ4n) is 7.13. The molecule has 6 atom stereocenters. The summed E-state index contributed by atoms with van der Waals surface area (Å²) in [6.45, 7) is 7.33. The highest BCUT2D eigenvalue weighted by Crippen LogP contribution is 2.68. The third kappa shape index (κ3) is 2.96. The second kappa shape index (κ2) is 7.23. The van der Waals surface area contributed by atoms with Crippen molar-refractivity contribution in [2.75, 3.05) is 0 Å². The van der Waals surface area contributed by atoms with Crippen LogP contribution in [0.5, 0.6) is 0 Å². The SMILES string of the molecule is CC(=O)O[C@]1(C(C)=O)CC[C@H]2[C@@H]3C=C(Cl)C4=CC(=O)CC[C@]4(C)[C@H]3CC[C@@]21C.Cl. The maximum atomic E-state index is 12.7. The largest absolute Gasteiger partial charge is 0.451 e. The van der Waals surface area contributed by atoms with Gasteiger partial charge in [-0.1, -0.05) is 31.5 Å². The van der Waals surface area contributed by atoms with Crippen molar-refractivity contribution in [1.82, 2.24) is 0 Å². The molecule has 0 unspecified atom stereocenters. The number of carbonyl (C=O) groups excluding carboxylic acids is 3. The molecule has 4 aliphatic carbocycles. The van der Waals surface area contributed by atoms with Crippen molar-refractivity contribution in [3.8, 4) is 0 Å². The van der Waals surface area contributed by atoms with Crippen LogP contribution in [0.2, 0.25) is 0 Å². The van der Waals surface area contributed by atoms with Gasteiger partial charge in [0.1, 0.15) is 0 Å². The number of allylic oxidation sites excluding steroid dienone is 4. The van der Waals surface area contributed by atoms with Crippen molar-refractivity contribution in [2.45, 2.75) is 71.8 Å². The van der Waals surface area contributed by atoms with Gasteiger partial charge in [-0.25, -0.2) is 0 Å². The Morgan fingerprint density at radius 2 is 1.76 bits per heavy atom. The molecule has 0 aliphatic heterocycles. The van der Waals surface area contributed by atoms with Crippen molar-refractivity contribution in [3.63, 3.8) is 0 Å². The molecule has 2 fully saturated rings. The van der Waals surface area contributed by atoms with Crippen LogP contribution in [0.1, 0.15) is 66.2 Å². The maximum absolute atomic E-state index is 12.7. The zero-order valence-corrected chi connectivity index (χ0v) is 19.1. The first-order valence-corrected chi connectivity index (χ1v) is 10.8. The summed E-state index contributed by atoms with van der Waals surface area (Å²) >= 11 is 6.71. The number of halogens is 2. The zero-order valence-electron chi connectivity index (χ0n) is 17.5. The molecule has 0 aromatic carbocycles. The molecule has 0 saturated heterocycles. The van der Waals surface area contributed by atoms with E-state index in [0.717, 1.165) is 31.3 Å². The first-order chi connectivity index (χ1) is 13.0. The summed E-state index contributed by atoms with van der Waals surface area (Å²) in [5, 5.41) is 0.689. The number of esters is 1. The summed E-state index contributed by atoms with van der Waals surface area (Å²) in [7, 11) is 0. The Kier molecular flexibility index (Phi) is 5.62. The predicted molar refractivity (Wildman–Crippen MR) is 114 cm³/mol. The minimum Gasteiger partial charge on any atom is -0.451 e. The molecule has 6 heteroatoms. The third-order valence-corrected chi connectivity index (χ3v) is 8.89. The van der Waals surface area contributed by atoms with E-state index in [1.807, 2.05) is 0 Å². The lowest BCUT2D eigenvalue weighted by Gasteiger charge is -2.57. The Balaban J connectivity index is 0.00000240. The Hall–Kier alpha value is -1.13. The van der Waals surface area contributed by atoms with Gasteiger partial charge in [-0.15, -0.1) is 12.4 Å². The van der Waals surface area contributed by atoms with Gasteiger partial charge < -0.3 is 4.74 Å². The Morgan fingerprint density at radius 1 is 1.10 bits per heavy atom. The number of carbonyl (C=O) groups is 3. The Bertz CT molecular complexity index is 831. The molecule has 0 aromatic heterocycles. The fourth-order valence-corrected chi connectivity index (χ4v) is 7.55. The molecular formula is C23H30Cl2O4. The highest BCUT2D eigenvalue weighted by molar-refractivity contribution is 6.32. The molecule has 2 saturated carbocycles. The van der Waals surface area contributed by atoms with E-state index < -0.39 is 5.60 Å². The van der Waals surface area contributed by atoms with Gasteiger partial charge in [0.25, 0.3) is 0 Å². The lowest BCUT2D eigenvalue weighted by Crippen LogP contribution is -2.58. The Labute approximate surface area is 183 Å². The van der Waals surface area contributed by atoms with E-state index in [9.17, 15) is 14.4 Å². The maximum Gasteiger partial charge on any atom is 0.303 e. The Morgan fingerprint density at radius 3 is 2.38 bits per heavy atom. The molecular weight excluding hydrogens is 411 g/mol. The third-order valence-electron chi connectivity index (χ3n) is 8.56. The minimum atomic E-state index is -1.03. The van der Waals surface area contributed by atoms with Crippen LogP contribution in [0.4, 0.5) is 0 Å². The van der Waals surface area contributed by atoms with Crippen molar-refractivity contribution in [1.29, 1.82) is 0 Å². The first kappa shape index (κ1) is 22.6. The second-order valence-electron chi connectivity index (χ2n) is 9.72. The number of rotatable bonds is 2. The van der Waals surface area contributed by atoms with E-state index in [1.165, 1.54) is 6.92 Å². The average molecular weight is 441 g/mol. The number of Topliss-reactive ketones (excluding diaryl/α,β-unsaturated/α-hetero) is 1. The van der Waals surface area contributed by atoms with E-state index in [0.29, 0.717) is 23.8 Å². The van der Waals surface area contributed by atoms with E-state index >= 15 is 0 Å². The smallest absolute Gasteiger partial charge is 0.303 e. The summed E-state index contributed by atoms with van der Waals surface area (Å²) < 4.78 is 5.79. The van der Waals surface area contributed by atoms with Crippen LogP contribution in [0, 0.1) is 28.6 Å². The van der Waals surface area contributed by atoms with Crippen molar-refractivity contribution in [2.24, 2.45) is 28.6 Å². The summed E-state index contributed by atoms with van der Waals surface area (Å²) in [5.41, 5.74) is -0.532. The van der Waals surface area contributed by atoms with Crippen LogP contribution in [0.3, 0.4) is 0 Å². The minimum absolute atomic E-state index is 0. The van der Waals surface area contributed by atoms with Crippen molar-refractivity contribution >= 4 is 41.5 Å². The van der Waals surface area contributed by atoms with Gasteiger partial charge in [0.15, 0.2) is 17.2 Å². The average Bonchev–Trinajstić information content (AvgIpc) is 2.90. The van der Waals surface area contributed by atoms with Crippen LogP contribution in [0.15, 0.2) is 22.8 Å². The molecule has 0 heterocycles. The second-order valence-corrected chi connectivity index (χ2v) is 10.1. The molecule has 29 heavy (non-hydrogen) atoms. The van der Waals surface area contributed by atoms with Gasteiger partial charge in [-0.2, -0.15) is 0 Å². The van der Waals surface area contributed by atoms with Crippen LogP contribution in [0.25, 0.3) is 0 Å². The van der Waals surface area contributed by atoms with Crippen LogP contribution in [-0.4, -0.2) is 23.1 Å². The molecule has 0 radical (unpaired) electrons. The molecule has 160 valence electrons. The van der Waals surface area contributed by atoms with Crippen molar-refractivity contribution in [3.05, 3.63) is 22.8 Å². The van der Waals surface area contributed by atoms with Gasteiger partial charge >= 0.3 is 5.97 Å². The first-order valence-electron chi connectivity index (χ1n) is 10.4. The van der Waals surface area contributed by atoms with Gasteiger partial charge in [0, 0.05) is 23.8 Å². The van der Waals surface area contributed by atoms with E-state index in [2.05, 4.69) is 19.9 Å². The summed E-state index contributed by atoms with van der Waals surface area (Å²) in [4.78, 5) is 36.6. The highest BCUT2D eigenvalue weighted by atomic mass is 35.5. The molecule has 0 amide bonds. The van der Waals surface area contributed by atoms with E-state index in [1.54, 1.807) is 13.0 Å². The number of hydrogen-bond acceptors (Lipinski definition) is 4. The normalized spacial score (nSPS) is 43.1. The molecule has 4 nitrogen and oxygen atoms in total. The van der Waals surface area contributed by atoms with Gasteiger partial charge in [-0.3, -0.25) is 14.4 Å². The molecule has 0 aromatic rings. The zero-order chi connectivity index (χ0) is 20.5. The monoisotopic (exact) mass is 440 g/mol. The van der Waals surface area contributed by atoms with E-state index in [-0.39, 0.29) is 52.6 Å². The van der Waals surface area contributed by atoms with Gasteiger partial charge in [0.05, 0.1) is 0 Å². The lowest BCUT2D eigenvalue weighted by molar-refractivity contribution is -0.185. The molecule has 4 aliphatic rings. The molecule has 4 rings (SSSR count). The number of fused-ring (bicyclic) bond motifs is 5. The fraction of sp³-hybridized carbons (Fsp3) is 0.696. The van der Waals surface area contributed by atoms with Crippen LogP contribution >= 0.6 is 24.0 Å². The van der Waals surface area contributed by atoms with E-state index in [4.69, 9.17) is 16.3 Å². The van der Waals surface area contributed by atoms with Gasteiger partial charge in [0.2, 0.25) is 0 Å². The van der Waals surface area contributed by atoms with Crippen molar-refractivity contribution < 1.29 is 19.1 Å². The summed E-state index contributed by atoms with van der Waals surface area (Å²) in [5.74, 6) is 0.584. The quantitative estimate of drug-likeness (QED) is 0.555. The molecule has 0 spiro atoms. The lowest BCUT2D eigenvalue weighted by atomic mass is 9.48. The standard InChI is InChI=1S/C23H29ClO4.ClH/c1-13(25)23(28-14(2)26)10-7-18-16-12-20(24)19-11-15(27)5-8-21(19,3)17(16)6-9-22(18,23)4;/h11-12,16-18H,5-10H2,1-4H3;1H/t16-,17+,18+,21-,22+,23+;/m1./s1. The summed E-state index contributed by atoms with van der Waals surface area (Å²) in [6, 6.07) is 0. The number of ether oxygens (including phenoxy) is 1. The topological polar surface area (TPSA) is 60.4 Å². The molecule has 0 N–H and O–H groups in total. The predicted octanol–water partition coefficient (Wildman–Crippen LogP) is 5.17. The highest BCUT2D eigenvalue weighted by Gasteiger charge is 2.67. The number of hydrogen-bond donors (Lipinski definition) is 0. The van der Waals surface area contributed by atoms with Crippen LogP contribution in [-0.2, 0) is 19.1 Å². The van der Waals surface area contributed by atoms with Crippen LogP contribution < -0.4 is 0 Å². The summed E-state index contributed by atoms with van der Waals surface area (Å²) in [6.07, 6.45) is 8.48. The molecule has 0 bridgehead atoms.